The maximum atomic E-state index is 14.1. The zero-order valence-electron chi connectivity index (χ0n) is 26.5. The van der Waals surface area contributed by atoms with Crippen LogP contribution in [0.4, 0.5) is 31.1 Å². The van der Waals surface area contributed by atoms with E-state index in [4.69, 9.17) is 14.2 Å². The first-order valence-corrected chi connectivity index (χ1v) is 15.3. The standard InChI is InChI=1S/C34H34F6N2O7/c1-3-47-30(43)19-29-28(42(45)46)14-15-32(25-12-8-5-9-13-25,41(29)31(44)48-20-23-10-6-4-7-11-23)21-49-22(2)24-16-26(33(35,36)37)18-27(17-24)34(38,39)40/h4-13,16-18,22,28-29H,3,14-15,19-21H2,1-2H3/t22-,28+,29+,32-/m1/s1. The van der Waals surface area contributed by atoms with E-state index >= 15 is 0 Å². The predicted octanol–water partition coefficient (Wildman–Crippen LogP) is 8.10. The number of benzene rings is 3. The lowest BCUT2D eigenvalue weighted by Gasteiger charge is -2.51. The molecule has 3 aromatic carbocycles. The van der Waals surface area contributed by atoms with Crippen molar-refractivity contribution in [2.75, 3.05) is 13.2 Å². The largest absolute Gasteiger partial charge is 0.466 e. The van der Waals surface area contributed by atoms with Gasteiger partial charge in [0.2, 0.25) is 6.04 Å². The summed E-state index contributed by atoms with van der Waals surface area (Å²) in [6, 6.07) is 14.8. The highest BCUT2D eigenvalue weighted by Crippen LogP contribution is 2.45. The zero-order chi connectivity index (χ0) is 36.0. The fourth-order valence-electron chi connectivity index (χ4n) is 5.98. The van der Waals surface area contributed by atoms with Gasteiger partial charge in [0.25, 0.3) is 0 Å². The Labute approximate surface area is 277 Å². The number of nitro groups is 1. The molecule has 0 saturated carbocycles. The van der Waals surface area contributed by atoms with E-state index in [1.165, 1.54) is 13.8 Å². The van der Waals surface area contributed by atoms with Gasteiger partial charge < -0.3 is 14.2 Å². The molecule has 0 unspecified atom stereocenters. The van der Waals surface area contributed by atoms with Crippen molar-refractivity contribution in [3.05, 3.63) is 117 Å². The van der Waals surface area contributed by atoms with Crippen molar-refractivity contribution in [3.8, 4) is 0 Å². The van der Waals surface area contributed by atoms with Gasteiger partial charge in [0, 0.05) is 11.3 Å². The van der Waals surface area contributed by atoms with E-state index in [9.17, 15) is 46.0 Å². The molecule has 49 heavy (non-hydrogen) atoms. The predicted molar refractivity (Wildman–Crippen MR) is 162 cm³/mol. The average molecular weight is 697 g/mol. The van der Waals surface area contributed by atoms with Crippen LogP contribution in [0.1, 0.15) is 67.0 Å². The molecule has 4 rings (SSSR count). The van der Waals surface area contributed by atoms with Crippen molar-refractivity contribution in [1.29, 1.82) is 0 Å². The van der Waals surface area contributed by atoms with E-state index in [2.05, 4.69) is 0 Å². The fraction of sp³-hybridized carbons (Fsp3) is 0.412. The number of amides is 1. The number of ether oxygens (including phenoxy) is 3. The molecule has 1 saturated heterocycles. The lowest BCUT2D eigenvalue weighted by molar-refractivity contribution is -0.536. The molecule has 0 radical (unpaired) electrons. The molecule has 1 aliphatic heterocycles. The molecule has 0 aliphatic carbocycles. The molecule has 1 fully saturated rings. The molecule has 1 heterocycles. The number of carbonyl (C=O) groups is 2. The number of alkyl halides is 6. The van der Waals surface area contributed by atoms with Gasteiger partial charge in [-0.15, -0.1) is 0 Å². The van der Waals surface area contributed by atoms with Gasteiger partial charge in [0.05, 0.1) is 42.4 Å². The summed E-state index contributed by atoms with van der Waals surface area (Å²) in [5.74, 6) is -0.831. The first-order chi connectivity index (χ1) is 23.1. The van der Waals surface area contributed by atoms with E-state index < -0.39 is 82.8 Å². The Balaban J connectivity index is 1.81. The van der Waals surface area contributed by atoms with E-state index in [1.807, 2.05) is 0 Å². The van der Waals surface area contributed by atoms with Gasteiger partial charge in [0.1, 0.15) is 12.6 Å². The highest BCUT2D eigenvalue weighted by Gasteiger charge is 2.56. The lowest BCUT2D eigenvalue weighted by Crippen LogP contribution is -2.65. The molecule has 1 aliphatic rings. The van der Waals surface area contributed by atoms with Crippen LogP contribution >= 0.6 is 0 Å². The minimum atomic E-state index is -5.10. The Kier molecular flexibility index (Phi) is 11.6. The molecular weight excluding hydrogens is 662 g/mol. The maximum absolute atomic E-state index is 14.1. The normalized spacial score (nSPS) is 20.4. The summed E-state index contributed by atoms with van der Waals surface area (Å²) in [4.78, 5) is 39.7. The summed E-state index contributed by atoms with van der Waals surface area (Å²) >= 11 is 0. The first kappa shape index (κ1) is 37.2. The summed E-state index contributed by atoms with van der Waals surface area (Å²) in [5, 5.41) is 12.3. The Morgan fingerprint density at radius 2 is 1.51 bits per heavy atom. The topological polar surface area (TPSA) is 108 Å². The number of esters is 1. The van der Waals surface area contributed by atoms with Crippen LogP contribution in [-0.2, 0) is 43.5 Å². The van der Waals surface area contributed by atoms with E-state index in [0.29, 0.717) is 23.3 Å². The second kappa shape index (κ2) is 15.3. The maximum Gasteiger partial charge on any atom is 0.416 e. The van der Waals surface area contributed by atoms with Gasteiger partial charge in [0.15, 0.2) is 0 Å². The third kappa shape index (κ3) is 8.88. The Morgan fingerprint density at radius 1 is 0.939 bits per heavy atom. The summed E-state index contributed by atoms with van der Waals surface area (Å²) < 4.78 is 98.6. The van der Waals surface area contributed by atoms with Gasteiger partial charge in [-0.1, -0.05) is 60.7 Å². The van der Waals surface area contributed by atoms with Gasteiger partial charge >= 0.3 is 24.4 Å². The number of hydrogen-bond donors (Lipinski definition) is 0. The van der Waals surface area contributed by atoms with E-state index in [-0.39, 0.29) is 32.1 Å². The quantitative estimate of drug-likeness (QED) is 0.0863. The smallest absolute Gasteiger partial charge is 0.416 e. The van der Waals surface area contributed by atoms with Crippen molar-refractivity contribution < 1.29 is 55.1 Å². The summed E-state index contributed by atoms with van der Waals surface area (Å²) in [6.07, 6.45) is -13.5. The molecular formula is C34H34F6N2O7. The van der Waals surface area contributed by atoms with Crippen LogP contribution < -0.4 is 0 Å². The first-order valence-electron chi connectivity index (χ1n) is 15.3. The van der Waals surface area contributed by atoms with Crippen molar-refractivity contribution >= 4 is 12.1 Å². The van der Waals surface area contributed by atoms with Crippen LogP contribution in [0.15, 0.2) is 78.9 Å². The average Bonchev–Trinajstić information content (AvgIpc) is 3.06. The molecule has 9 nitrogen and oxygen atoms in total. The number of nitrogens with zero attached hydrogens (tertiary/aromatic N) is 2. The number of halogens is 6. The number of hydrogen-bond acceptors (Lipinski definition) is 7. The molecule has 0 bridgehead atoms. The monoisotopic (exact) mass is 696 g/mol. The lowest BCUT2D eigenvalue weighted by atomic mass is 9.76. The van der Waals surface area contributed by atoms with Gasteiger partial charge in [-0.2, -0.15) is 26.3 Å². The minimum Gasteiger partial charge on any atom is -0.466 e. The Morgan fingerprint density at radius 3 is 2.04 bits per heavy atom. The SMILES string of the molecule is CCOC(=O)C[C@H]1[C@@H]([N+](=O)[O-])CC[C@@](CO[C@H](C)c2cc(C(F)(F)F)cc(C(F)(F)F)c2)(c2ccccc2)N1C(=O)OCc1ccccc1. The van der Waals surface area contributed by atoms with Crippen LogP contribution in [0.25, 0.3) is 0 Å². The number of piperidine rings is 1. The molecule has 0 spiro atoms. The molecule has 264 valence electrons. The molecule has 0 N–H and O–H groups in total. The van der Waals surface area contributed by atoms with Crippen LogP contribution in [0.3, 0.4) is 0 Å². The molecule has 1 amide bonds. The number of carbonyl (C=O) groups excluding carboxylic acids is 2. The zero-order valence-corrected chi connectivity index (χ0v) is 26.5. The summed E-state index contributed by atoms with van der Waals surface area (Å²) in [5.41, 5.74) is -4.15. The molecule has 4 atom stereocenters. The minimum absolute atomic E-state index is 0.00498. The second-order valence-corrected chi connectivity index (χ2v) is 11.6. The van der Waals surface area contributed by atoms with Crippen LogP contribution in [0.2, 0.25) is 0 Å². The fourth-order valence-corrected chi connectivity index (χ4v) is 5.98. The Hall–Kier alpha value is -4.66. The highest BCUT2D eigenvalue weighted by atomic mass is 19.4. The molecule has 0 aromatic heterocycles. The number of rotatable bonds is 11. The third-order valence-electron chi connectivity index (χ3n) is 8.41. The van der Waals surface area contributed by atoms with E-state index in [0.717, 1.165) is 4.90 Å². The molecule has 15 heteroatoms. The number of likely N-dealkylation sites (tertiary alicyclic amines) is 1. The second-order valence-electron chi connectivity index (χ2n) is 11.6. The van der Waals surface area contributed by atoms with Crippen LogP contribution in [0.5, 0.6) is 0 Å². The van der Waals surface area contributed by atoms with Crippen molar-refractivity contribution in [2.24, 2.45) is 0 Å². The van der Waals surface area contributed by atoms with E-state index in [1.54, 1.807) is 60.7 Å². The summed E-state index contributed by atoms with van der Waals surface area (Å²) in [7, 11) is 0. The van der Waals surface area contributed by atoms with Crippen molar-refractivity contribution in [2.45, 2.75) is 75.8 Å². The van der Waals surface area contributed by atoms with Gasteiger partial charge in [-0.25, -0.2) is 4.79 Å². The Bertz CT molecular complexity index is 1570. The molecule has 3 aromatic rings. The van der Waals surface area contributed by atoms with Crippen LogP contribution in [0, 0.1) is 10.1 Å². The highest BCUT2D eigenvalue weighted by molar-refractivity contribution is 5.74. The van der Waals surface area contributed by atoms with Crippen molar-refractivity contribution in [3.63, 3.8) is 0 Å². The van der Waals surface area contributed by atoms with Crippen molar-refractivity contribution in [1.82, 2.24) is 4.90 Å². The van der Waals surface area contributed by atoms with Gasteiger partial charge in [-0.3, -0.25) is 19.8 Å². The summed E-state index contributed by atoms with van der Waals surface area (Å²) in [6.45, 7) is 1.95. The third-order valence-corrected chi connectivity index (χ3v) is 8.41. The van der Waals surface area contributed by atoms with Gasteiger partial charge in [-0.05, 0) is 55.2 Å². The van der Waals surface area contributed by atoms with Crippen LogP contribution in [-0.4, -0.2) is 47.2 Å².